The Bertz CT molecular complexity index is 389. The molecular weight excluding hydrogens is 220 g/mol. The van der Waals surface area contributed by atoms with Gasteiger partial charge in [-0.3, -0.25) is 9.48 Å². The Hall–Kier alpha value is -1.43. The molecule has 17 heavy (non-hydrogen) atoms. The van der Waals surface area contributed by atoms with Crippen LogP contribution in [0.5, 0.6) is 0 Å². The van der Waals surface area contributed by atoms with E-state index >= 15 is 0 Å². The van der Waals surface area contributed by atoms with Crippen LogP contribution in [0.15, 0.2) is 6.33 Å². The first-order valence-electron chi connectivity index (χ1n) is 5.67. The minimum atomic E-state index is -0.949. The lowest BCUT2D eigenvalue weighted by atomic mass is 9.77. The minimum Gasteiger partial charge on any atom is -0.481 e. The Labute approximate surface area is 101 Å². The second kappa shape index (κ2) is 5.27. The molecule has 1 aromatic rings. The van der Waals surface area contributed by atoms with Crippen molar-refractivity contribution in [3.8, 4) is 0 Å². The maximum atomic E-state index is 11.5. The van der Waals surface area contributed by atoms with E-state index in [0.29, 0.717) is 18.7 Å². The van der Waals surface area contributed by atoms with Crippen LogP contribution in [0, 0.1) is 11.3 Å². The first-order valence-corrected chi connectivity index (χ1v) is 5.67. The van der Waals surface area contributed by atoms with Crippen molar-refractivity contribution in [2.45, 2.75) is 26.7 Å². The molecule has 1 aromatic heterocycles. The van der Waals surface area contributed by atoms with Crippen molar-refractivity contribution in [3.63, 3.8) is 0 Å². The summed E-state index contributed by atoms with van der Waals surface area (Å²) in [5.41, 5.74) is 4.74. The van der Waals surface area contributed by atoms with Gasteiger partial charge >= 0.3 is 5.97 Å². The van der Waals surface area contributed by atoms with E-state index in [-0.39, 0.29) is 12.5 Å². The van der Waals surface area contributed by atoms with Crippen molar-refractivity contribution in [2.24, 2.45) is 24.1 Å². The van der Waals surface area contributed by atoms with Crippen LogP contribution < -0.4 is 5.73 Å². The summed E-state index contributed by atoms with van der Waals surface area (Å²) in [6.45, 7) is 4.08. The van der Waals surface area contributed by atoms with E-state index in [4.69, 9.17) is 5.73 Å². The SMILES string of the molecule is CC(C)CC(CN)(Cc1ncnn1C)C(=O)O. The number of nitrogens with two attached hydrogens (primary N) is 1. The van der Waals surface area contributed by atoms with Gasteiger partial charge in [-0.15, -0.1) is 0 Å². The number of aryl methyl sites for hydroxylation is 1. The molecule has 0 aliphatic rings. The van der Waals surface area contributed by atoms with Gasteiger partial charge in [0, 0.05) is 20.0 Å². The molecule has 0 aliphatic heterocycles. The van der Waals surface area contributed by atoms with Gasteiger partial charge in [0.05, 0.1) is 5.41 Å². The number of carboxylic acid groups (broad SMARTS) is 1. The molecule has 6 nitrogen and oxygen atoms in total. The molecule has 1 rings (SSSR count). The van der Waals surface area contributed by atoms with Gasteiger partial charge in [0.15, 0.2) is 0 Å². The van der Waals surface area contributed by atoms with Crippen molar-refractivity contribution in [1.29, 1.82) is 0 Å². The molecule has 96 valence electrons. The second-order valence-electron chi connectivity index (χ2n) is 4.86. The van der Waals surface area contributed by atoms with Crippen LogP contribution in [-0.4, -0.2) is 32.4 Å². The summed E-state index contributed by atoms with van der Waals surface area (Å²) in [6.07, 6.45) is 2.27. The minimum absolute atomic E-state index is 0.105. The van der Waals surface area contributed by atoms with Crippen molar-refractivity contribution in [3.05, 3.63) is 12.2 Å². The number of carbonyl (C=O) groups is 1. The summed E-state index contributed by atoms with van der Waals surface area (Å²) < 4.78 is 1.59. The number of aromatic nitrogens is 3. The molecule has 0 saturated carbocycles. The van der Waals surface area contributed by atoms with Gasteiger partial charge in [-0.2, -0.15) is 5.10 Å². The van der Waals surface area contributed by atoms with E-state index < -0.39 is 11.4 Å². The third-order valence-electron chi connectivity index (χ3n) is 2.95. The Morgan fingerprint density at radius 1 is 1.65 bits per heavy atom. The molecule has 1 heterocycles. The molecular formula is C11H20N4O2. The molecule has 1 atom stereocenters. The van der Waals surface area contributed by atoms with Crippen molar-refractivity contribution < 1.29 is 9.90 Å². The monoisotopic (exact) mass is 240 g/mol. The highest BCUT2D eigenvalue weighted by molar-refractivity contribution is 5.75. The average molecular weight is 240 g/mol. The molecule has 0 bridgehead atoms. The number of hydrogen-bond donors (Lipinski definition) is 2. The predicted octanol–water partition coefficient (Wildman–Crippen LogP) is 0.433. The number of nitrogens with zero attached hydrogens (tertiary/aromatic N) is 3. The molecule has 0 saturated heterocycles. The van der Waals surface area contributed by atoms with E-state index in [1.54, 1.807) is 11.7 Å². The van der Waals surface area contributed by atoms with Crippen LogP contribution in [0.25, 0.3) is 0 Å². The largest absolute Gasteiger partial charge is 0.481 e. The van der Waals surface area contributed by atoms with Crippen LogP contribution in [0.3, 0.4) is 0 Å². The molecule has 0 amide bonds. The van der Waals surface area contributed by atoms with Crippen molar-refractivity contribution in [1.82, 2.24) is 14.8 Å². The number of hydrogen-bond acceptors (Lipinski definition) is 4. The first kappa shape index (κ1) is 13.6. The fourth-order valence-corrected chi connectivity index (χ4v) is 2.04. The molecule has 3 N–H and O–H groups in total. The Morgan fingerprint density at radius 3 is 2.65 bits per heavy atom. The normalized spacial score (nSPS) is 14.9. The van der Waals surface area contributed by atoms with Gasteiger partial charge < -0.3 is 10.8 Å². The fourth-order valence-electron chi connectivity index (χ4n) is 2.04. The Balaban J connectivity index is 2.98. The van der Waals surface area contributed by atoms with E-state index in [1.165, 1.54) is 6.33 Å². The van der Waals surface area contributed by atoms with E-state index in [9.17, 15) is 9.90 Å². The number of carboxylic acids is 1. The highest BCUT2D eigenvalue weighted by atomic mass is 16.4. The topological polar surface area (TPSA) is 94.0 Å². The first-order chi connectivity index (χ1) is 7.91. The Morgan fingerprint density at radius 2 is 2.29 bits per heavy atom. The van der Waals surface area contributed by atoms with Crippen molar-refractivity contribution in [2.75, 3.05) is 6.54 Å². The maximum Gasteiger partial charge on any atom is 0.311 e. The van der Waals surface area contributed by atoms with Gasteiger partial charge in [0.2, 0.25) is 0 Å². The van der Waals surface area contributed by atoms with Gasteiger partial charge in [-0.25, -0.2) is 4.98 Å². The van der Waals surface area contributed by atoms with Gasteiger partial charge in [-0.1, -0.05) is 13.8 Å². The lowest BCUT2D eigenvalue weighted by molar-refractivity contribution is -0.149. The third kappa shape index (κ3) is 3.03. The molecule has 0 spiro atoms. The predicted molar refractivity (Wildman–Crippen MR) is 63.3 cm³/mol. The average Bonchev–Trinajstić information content (AvgIpc) is 2.62. The van der Waals surface area contributed by atoms with E-state index in [1.807, 2.05) is 13.8 Å². The lowest BCUT2D eigenvalue weighted by Gasteiger charge is -2.29. The van der Waals surface area contributed by atoms with E-state index in [0.717, 1.165) is 0 Å². The third-order valence-corrected chi connectivity index (χ3v) is 2.95. The summed E-state index contributed by atoms with van der Waals surface area (Å²) in [4.78, 5) is 15.6. The molecule has 0 aliphatic carbocycles. The zero-order valence-corrected chi connectivity index (χ0v) is 10.6. The van der Waals surface area contributed by atoms with Crippen LogP contribution in [-0.2, 0) is 18.3 Å². The highest BCUT2D eigenvalue weighted by Gasteiger charge is 2.39. The number of rotatable bonds is 6. The van der Waals surface area contributed by atoms with E-state index in [2.05, 4.69) is 10.1 Å². The Kier molecular flexibility index (Phi) is 4.22. The summed E-state index contributed by atoms with van der Waals surface area (Å²) in [7, 11) is 1.75. The molecule has 0 fully saturated rings. The fraction of sp³-hybridized carbons (Fsp3) is 0.727. The quantitative estimate of drug-likeness (QED) is 0.752. The second-order valence-corrected chi connectivity index (χ2v) is 4.86. The van der Waals surface area contributed by atoms with Crippen LogP contribution in [0.1, 0.15) is 26.1 Å². The van der Waals surface area contributed by atoms with Crippen molar-refractivity contribution >= 4 is 5.97 Å². The molecule has 0 aromatic carbocycles. The zero-order chi connectivity index (χ0) is 13.1. The summed E-state index contributed by atoms with van der Waals surface area (Å²) in [5, 5.41) is 13.4. The van der Waals surface area contributed by atoms with Crippen LogP contribution >= 0.6 is 0 Å². The van der Waals surface area contributed by atoms with Gasteiger partial charge in [0.25, 0.3) is 0 Å². The molecule has 1 unspecified atom stereocenters. The smallest absolute Gasteiger partial charge is 0.311 e. The lowest BCUT2D eigenvalue weighted by Crippen LogP contribution is -2.42. The van der Waals surface area contributed by atoms with Crippen LogP contribution in [0.2, 0.25) is 0 Å². The maximum absolute atomic E-state index is 11.5. The summed E-state index contributed by atoms with van der Waals surface area (Å²) in [6, 6.07) is 0. The zero-order valence-electron chi connectivity index (χ0n) is 10.6. The van der Waals surface area contributed by atoms with Crippen LogP contribution in [0.4, 0.5) is 0 Å². The highest BCUT2D eigenvalue weighted by Crippen LogP contribution is 2.29. The molecule has 0 radical (unpaired) electrons. The van der Waals surface area contributed by atoms with Gasteiger partial charge in [-0.05, 0) is 12.3 Å². The molecule has 6 heteroatoms. The summed E-state index contributed by atoms with van der Waals surface area (Å²) >= 11 is 0. The standard InChI is InChI=1S/C11H20N4O2/c1-8(2)4-11(6-12,10(16)17)5-9-13-7-14-15(9)3/h7-8H,4-6,12H2,1-3H3,(H,16,17). The van der Waals surface area contributed by atoms with Gasteiger partial charge in [0.1, 0.15) is 12.2 Å². The summed E-state index contributed by atoms with van der Waals surface area (Å²) in [5.74, 6) is 0.0538. The number of aliphatic carboxylic acids is 1.